The maximum Gasteiger partial charge on any atom is 0.215 e. The van der Waals surface area contributed by atoms with Crippen molar-refractivity contribution in [3.05, 3.63) is 65.5 Å². The summed E-state index contributed by atoms with van der Waals surface area (Å²) in [5, 5.41) is 0. The maximum atomic E-state index is 13.5. The normalized spacial score (nSPS) is 11.4. The molecular weight excluding hydrogens is 305 g/mol. The highest BCUT2D eigenvalue weighted by Crippen LogP contribution is 2.17. The summed E-state index contributed by atoms with van der Waals surface area (Å²) in [6.07, 6.45) is 0.412. The molecule has 0 fully saturated rings. The molecule has 0 saturated heterocycles. The predicted octanol–water partition coefficient (Wildman–Crippen LogP) is 2.50. The number of methoxy groups -OCH3 is 1. The SMILES string of the molecule is COc1ccc(CCNS(=O)(=O)Cc2ccccc2)cc1F. The van der Waals surface area contributed by atoms with Crippen LogP contribution in [0, 0.1) is 5.82 Å². The molecule has 0 unspecified atom stereocenters. The van der Waals surface area contributed by atoms with E-state index in [4.69, 9.17) is 4.74 Å². The van der Waals surface area contributed by atoms with Crippen LogP contribution in [0.4, 0.5) is 4.39 Å². The van der Waals surface area contributed by atoms with E-state index in [1.54, 1.807) is 30.3 Å². The van der Waals surface area contributed by atoms with Gasteiger partial charge in [0.1, 0.15) is 0 Å². The minimum absolute atomic E-state index is 0.0647. The van der Waals surface area contributed by atoms with Gasteiger partial charge in [0.25, 0.3) is 0 Å². The van der Waals surface area contributed by atoms with Gasteiger partial charge in [-0.05, 0) is 29.7 Å². The minimum Gasteiger partial charge on any atom is -0.494 e. The van der Waals surface area contributed by atoms with Crippen molar-refractivity contribution in [3.63, 3.8) is 0 Å². The van der Waals surface area contributed by atoms with E-state index < -0.39 is 15.8 Å². The third-order valence-electron chi connectivity index (χ3n) is 3.15. The first kappa shape index (κ1) is 16.5. The molecule has 0 spiro atoms. The van der Waals surface area contributed by atoms with Crippen LogP contribution in [0.5, 0.6) is 5.75 Å². The molecule has 0 radical (unpaired) electrons. The van der Waals surface area contributed by atoms with Gasteiger partial charge in [-0.15, -0.1) is 0 Å². The van der Waals surface area contributed by atoms with Crippen LogP contribution in [0.15, 0.2) is 48.5 Å². The molecule has 0 aromatic heterocycles. The standard InChI is InChI=1S/C16H18FNO3S/c1-21-16-8-7-13(11-15(16)17)9-10-18-22(19,20)12-14-5-3-2-4-6-14/h2-8,11,18H,9-10,12H2,1H3. The Balaban J connectivity index is 1.89. The molecule has 0 aliphatic rings. The van der Waals surface area contributed by atoms with Crippen LogP contribution in [0.3, 0.4) is 0 Å². The molecule has 2 aromatic carbocycles. The molecule has 0 aliphatic heterocycles. The summed E-state index contributed by atoms with van der Waals surface area (Å²) in [7, 11) is -2.00. The number of hydrogen-bond donors (Lipinski definition) is 1. The Hall–Kier alpha value is -1.92. The van der Waals surface area contributed by atoms with Crippen molar-refractivity contribution >= 4 is 10.0 Å². The van der Waals surface area contributed by atoms with Gasteiger partial charge in [0.15, 0.2) is 11.6 Å². The van der Waals surface area contributed by atoms with Crippen molar-refractivity contribution in [2.75, 3.05) is 13.7 Å². The van der Waals surface area contributed by atoms with Gasteiger partial charge in [0, 0.05) is 6.54 Å². The van der Waals surface area contributed by atoms with E-state index in [0.29, 0.717) is 12.0 Å². The van der Waals surface area contributed by atoms with Crippen molar-refractivity contribution in [3.8, 4) is 5.75 Å². The third-order valence-corrected chi connectivity index (χ3v) is 4.51. The quantitative estimate of drug-likeness (QED) is 0.852. The van der Waals surface area contributed by atoms with E-state index >= 15 is 0 Å². The van der Waals surface area contributed by atoms with Crippen LogP contribution in [0.1, 0.15) is 11.1 Å². The highest BCUT2D eigenvalue weighted by Gasteiger charge is 2.11. The van der Waals surface area contributed by atoms with E-state index in [-0.39, 0.29) is 18.0 Å². The van der Waals surface area contributed by atoms with E-state index in [1.165, 1.54) is 19.2 Å². The first-order chi connectivity index (χ1) is 10.5. The van der Waals surface area contributed by atoms with Crippen LogP contribution in [0.2, 0.25) is 0 Å². The van der Waals surface area contributed by atoms with Gasteiger partial charge in [0.05, 0.1) is 12.9 Å². The summed E-state index contributed by atoms with van der Waals surface area (Å²) in [6, 6.07) is 13.6. The smallest absolute Gasteiger partial charge is 0.215 e. The van der Waals surface area contributed by atoms with E-state index in [1.807, 2.05) is 6.07 Å². The van der Waals surface area contributed by atoms with Gasteiger partial charge in [-0.25, -0.2) is 17.5 Å². The minimum atomic E-state index is -3.40. The Labute approximate surface area is 130 Å². The zero-order chi connectivity index (χ0) is 16.0. The van der Waals surface area contributed by atoms with Gasteiger partial charge in [0.2, 0.25) is 10.0 Å². The number of nitrogens with one attached hydrogen (secondary N) is 1. The highest BCUT2D eigenvalue weighted by molar-refractivity contribution is 7.88. The number of halogens is 1. The van der Waals surface area contributed by atoms with Gasteiger partial charge >= 0.3 is 0 Å². The number of sulfonamides is 1. The van der Waals surface area contributed by atoms with Crippen molar-refractivity contribution in [2.45, 2.75) is 12.2 Å². The fourth-order valence-electron chi connectivity index (χ4n) is 2.06. The Morgan fingerprint density at radius 2 is 1.82 bits per heavy atom. The van der Waals surface area contributed by atoms with Crippen LogP contribution in [-0.4, -0.2) is 22.1 Å². The Bertz CT molecular complexity index is 717. The number of hydrogen-bond acceptors (Lipinski definition) is 3. The molecule has 22 heavy (non-hydrogen) atoms. The van der Waals surface area contributed by atoms with E-state index in [9.17, 15) is 12.8 Å². The van der Waals surface area contributed by atoms with Gasteiger partial charge in [-0.3, -0.25) is 0 Å². The molecule has 2 aromatic rings. The second-order valence-corrected chi connectivity index (χ2v) is 6.66. The third kappa shape index (κ3) is 4.82. The number of rotatable bonds is 7. The Morgan fingerprint density at radius 3 is 2.45 bits per heavy atom. The summed E-state index contributed by atoms with van der Waals surface area (Å²) in [4.78, 5) is 0. The predicted molar refractivity (Wildman–Crippen MR) is 83.7 cm³/mol. The zero-order valence-electron chi connectivity index (χ0n) is 12.3. The summed E-state index contributed by atoms with van der Waals surface area (Å²) in [5.41, 5.74) is 1.44. The number of ether oxygens (including phenoxy) is 1. The lowest BCUT2D eigenvalue weighted by Gasteiger charge is -2.08. The van der Waals surface area contributed by atoms with Gasteiger partial charge in [-0.1, -0.05) is 36.4 Å². The summed E-state index contributed by atoms with van der Waals surface area (Å²) >= 11 is 0. The average Bonchev–Trinajstić information content (AvgIpc) is 2.48. The largest absolute Gasteiger partial charge is 0.494 e. The second kappa shape index (κ2) is 7.38. The molecule has 2 rings (SSSR count). The topological polar surface area (TPSA) is 55.4 Å². The van der Waals surface area contributed by atoms with Crippen LogP contribution in [0.25, 0.3) is 0 Å². The van der Waals surface area contributed by atoms with Crippen LogP contribution < -0.4 is 9.46 Å². The summed E-state index contributed by atoms with van der Waals surface area (Å²) in [6.45, 7) is 0.223. The average molecular weight is 323 g/mol. The van der Waals surface area contributed by atoms with Crippen molar-refractivity contribution in [1.29, 1.82) is 0 Å². The molecule has 4 nitrogen and oxygen atoms in total. The molecule has 0 amide bonds. The monoisotopic (exact) mass is 323 g/mol. The molecule has 0 saturated carbocycles. The first-order valence-electron chi connectivity index (χ1n) is 6.84. The molecule has 0 atom stereocenters. The molecule has 0 heterocycles. The molecular formula is C16H18FNO3S. The second-order valence-electron chi connectivity index (χ2n) is 4.86. The Morgan fingerprint density at radius 1 is 1.09 bits per heavy atom. The van der Waals surface area contributed by atoms with Crippen molar-refractivity contribution in [1.82, 2.24) is 4.72 Å². The van der Waals surface area contributed by atoms with E-state index in [0.717, 1.165) is 5.56 Å². The summed E-state index contributed by atoms with van der Waals surface area (Å²) < 4.78 is 44.8. The molecule has 0 bridgehead atoms. The molecule has 1 N–H and O–H groups in total. The number of benzene rings is 2. The lowest BCUT2D eigenvalue weighted by atomic mass is 10.1. The molecule has 118 valence electrons. The van der Waals surface area contributed by atoms with Gasteiger partial charge < -0.3 is 4.74 Å². The molecule has 6 heteroatoms. The van der Waals surface area contributed by atoms with Crippen LogP contribution in [-0.2, 0) is 22.2 Å². The van der Waals surface area contributed by atoms with Crippen molar-refractivity contribution in [2.24, 2.45) is 0 Å². The molecule has 0 aliphatic carbocycles. The first-order valence-corrected chi connectivity index (χ1v) is 8.49. The zero-order valence-corrected chi connectivity index (χ0v) is 13.1. The summed E-state index contributed by atoms with van der Waals surface area (Å²) in [5.74, 6) is -0.342. The fourth-order valence-corrected chi connectivity index (χ4v) is 3.21. The van der Waals surface area contributed by atoms with Crippen molar-refractivity contribution < 1.29 is 17.5 Å². The Kier molecular flexibility index (Phi) is 5.51. The highest BCUT2D eigenvalue weighted by atomic mass is 32.2. The van der Waals surface area contributed by atoms with Crippen LogP contribution >= 0.6 is 0 Å². The van der Waals surface area contributed by atoms with E-state index in [2.05, 4.69) is 4.72 Å². The van der Waals surface area contributed by atoms with Gasteiger partial charge in [-0.2, -0.15) is 0 Å². The maximum absolute atomic E-state index is 13.5. The lowest BCUT2D eigenvalue weighted by molar-refractivity contribution is 0.386. The lowest BCUT2D eigenvalue weighted by Crippen LogP contribution is -2.27. The fraction of sp³-hybridized carbons (Fsp3) is 0.250.